The molecule has 116 valence electrons. The molecule has 0 radical (unpaired) electrons. The molecule has 0 unspecified atom stereocenters. The van der Waals surface area contributed by atoms with E-state index in [1.54, 1.807) is 0 Å². The number of nitrogens with one attached hydrogen (secondary N) is 3. The van der Waals surface area contributed by atoms with Crippen LogP contribution in [0.1, 0.15) is 51.8 Å². The third-order valence-electron chi connectivity index (χ3n) is 3.15. The van der Waals surface area contributed by atoms with Crippen LogP contribution in [0.3, 0.4) is 0 Å². The van der Waals surface area contributed by atoms with Gasteiger partial charge in [-0.05, 0) is 33.6 Å². The summed E-state index contributed by atoms with van der Waals surface area (Å²) in [7, 11) is 0. The van der Waals surface area contributed by atoms with Crippen molar-refractivity contribution in [2.45, 2.75) is 52.0 Å². The number of aromatic nitrogens is 2. The molecule has 0 aromatic carbocycles. The first-order valence-electron chi connectivity index (χ1n) is 7.74. The summed E-state index contributed by atoms with van der Waals surface area (Å²) in [5, 5.41) is 9.32. The van der Waals surface area contributed by atoms with E-state index in [-0.39, 0.29) is 11.9 Å². The van der Waals surface area contributed by atoms with Gasteiger partial charge in [-0.15, -0.1) is 0 Å². The molecule has 1 fully saturated rings. The second-order valence-electron chi connectivity index (χ2n) is 5.70. The summed E-state index contributed by atoms with van der Waals surface area (Å²) in [6.45, 7) is 7.37. The molecule has 1 heterocycles. The summed E-state index contributed by atoms with van der Waals surface area (Å²) in [5.74, 6) is 3.11. The number of hydrogen-bond acceptors (Lipinski definition) is 5. The monoisotopic (exact) mass is 291 g/mol. The smallest absolute Gasteiger partial charge is 0.221 e. The minimum Gasteiger partial charge on any atom is -0.370 e. The molecule has 21 heavy (non-hydrogen) atoms. The van der Waals surface area contributed by atoms with Gasteiger partial charge in [-0.3, -0.25) is 4.79 Å². The van der Waals surface area contributed by atoms with Crippen LogP contribution in [0.15, 0.2) is 6.07 Å². The molecule has 0 atom stereocenters. The maximum atomic E-state index is 11.6. The lowest BCUT2D eigenvalue weighted by molar-refractivity contribution is -0.121. The molecule has 2 rings (SSSR count). The van der Waals surface area contributed by atoms with Crippen LogP contribution in [0.2, 0.25) is 0 Å². The van der Waals surface area contributed by atoms with Crippen molar-refractivity contribution in [3.05, 3.63) is 11.9 Å². The Morgan fingerprint density at radius 2 is 1.95 bits per heavy atom. The molecule has 1 aromatic heterocycles. The summed E-state index contributed by atoms with van der Waals surface area (Å²) in [6.07, 6.45) is 2.79. The van der Waals surface area contributed by atoms with Gasteiger partial charge in [-0.2, -0.15) is 0 Å². The second-order valence-corrected chi connectivity index (χ2v) is 5.70. The normalized spacial score (nSPS) is 14.1. The fourth-order valence-corrected chi connectivity index (χ4v) is 2.05. The van der Waals surface area contributed by atoms with E-state index >= 15 is 0 Å². The average Bonchev–Trinajstić information content (AvgIpc) is 3.22. The number of anilines is 2. The Morgan fingerprint density at radius 1 is 1.29 bits per heavy atom. The maximum absolute atomic E-state index is 11.6. The quantitative estimate of drug-likeness (QED) is 0.683. The van der Waals surface area contributed by atoms with Crippen molar-refractivity contribution in [2.75, 3.05) is 23.7 Å². The summed E-state index contributed by atoms with van der Waals surface area (Å²) < 4.78 is 0. The lowest BCUT2D eigenvalue weighted by Crippen LogP contribution is -2.31. The van der Waals surface area contributed by atoms with Crippen LogP contribution in [0.5, 0.6) is 0 Å². The highest BCUT2D eigenvalue weighted by molar-refractivity contribution is 5.76. The van der Waals surface area contributed by atoms with Crippen molar-refractivity contribution in [3.8, 4) is 0 Å². The number of carbonyl (C=O) groups excluding carboxylic acids is 1. The first-order valence-corrected chi connectivity index (χ1v) is 7.74. The molecule has 0 spiro atoms. The minimum absolute atomic E-state index is 0.0564. The van der Waals surface area contributed by atoms with E-state index in [0.717, 1.165) is 24.0 Å². The van der Waals surface area contributed by atoms with Gasteiger partial charge in [0.2, 0.25) is 5.91 Å². The highest BCUT2D eigenvalue weighted by atomic mass is 16.1. The van der Waals surface area contributed by atoms with Gasteiger partial charge < -0.3 is 16.0 Å². The summed E-state index contributed by atoms with van der Waals surface area (Å²) in [4.78, 5) is 20.7. The van der Waals surface area contributed by atoms with Crippen LogP contribution in [-0.2, 0) is 4.79 Å². The number of nitrogens with zero attached hydrogens (tertiary/aromatic N) is 2. The zero-order valence-electron chi connectivity index (χ0n) is 13.1. The SMILES string of the molecule is CCNc1cc(NCCC(=O)NC(C)C)nc(C2CC2)n1. The number of amides is 1. The average molecular weight is 291 g/mol. The Kier molecular flexibility index (Phi) is 5.36. The molecular formula is C15H25N5O. The van der Waals surface area contributed by atoms with Crippen LogP contribution < -0.4 is 16.0 Å². The Morgan fingerprint density at radius 3 is 2.52 bits per heavy atom. The molecule has 0 saturated heterocycles. The number of rotatable bonds is 8. The molecule has 1 amide bonds. The first kappa shape index (κ1) is 15.5. The molecule has 1 aliphatic carbocycles. The van der Waals surface area contributed by atoms with Gasteiger partial charge in [0, 0.05) is 37.5 Å². The fraction of sp³-hybridized carbons (Fsp3) is 0.667. The predicted molar refractivity (Wildman–Crippen MR) is 84.6 cm³/mol. The summed E-state index contributed by atoms with van der Waals surface area (Å²) in [5.41, 5.74) is 0. The van der Waals surface area contributed by atoms with Crippen molar-refractivity contribution < 1.29 is 4.79 Å². The van der Waals surface area contributed by atoms with Gasteiger partial charge in [-0.1, -0.05) is 0 Å². The van der Waals surface area contributed by atoms with E-state index in [9.17, 15) is 4.79 Å². The fourth-order valence-electron chi connectivity index (χ4n) is 2.05. The Labute approximate surface area is 126 Å². The van der Waals surface area contributed by atoms with Gasteiger partial charge in [-0.25, -0.2) is 9.97 Å². The molecule has 0 aliphatic heterocycles. The largest absolute Gasteiger partial charge is 0.370 e. The van der Waals surface area contributed by atoms with Gasteiger partial charge in [0.25, 0.3) is 0 Å². The van der Waals surface area contributed by atoms with Crippen molar-refractivity contribution in [1.29, 1.82) is 0 Å². The predicted octanol–water partition coefficient (Wildman–Crippen LogP) is 2.11. The first-order chi connectivity index (χ1) is 10.1. The number of hydrogen-bond donors (Lipinski definition) is 3. The van der Waals surface area contributed by atoms with E-state index < -0.39 is 0 Å². The van der Waals surface area contributed by atoms with E-state index in [4.69, 9.17) is 0 Å². The molecule has 6 heteroatoms. The molecule has 6 nitrogen and oxygen atoms in total. The third-order valence-corrected chi connectivity index (χ3v) is 3.15. The molecule has 0 bridgehead atoms. The van der Waals surface area contributed by atoms with E-state index in [1.807, 2.05) is 26.8 Å². The van der Waals surface area contributed by atoms with Crippen LogP contribution in [0.4, 0.5) is 11.6 Å². The van der Waals surface area contributed by atoms with Crippen LogP contribution in [0, 0.1) is 0 Å². The van der Waals surface area contributed by atoms with Gasteiger partial charge in [0.05, 0.1) is 0 Å². The molecule has 3 N–H and O–H groups in total. The Bertz CT molecular complexity index is 485. The lowest BCUT2D eigenvalue weighted by Gasteiger charge is -2.11. The van der Waals surface area contributed by atoms with Crippen molar-refractivity contribution in [2.24, 2.45) is 0 Å². The summed E-state index contributed by atoms with van der Waals surface area (Å²) in [6, 6.07) is 2.08. The standard InChI is InChI=1S/C15H25N5O/c1-4-16-12-9-13(20-15(19-12)11-5-6-11)17-8-7-14(21)18-10(2)3/h9-11H,4-8H2,1-3H3,(H,18,21)(H2,16,17,19,20). The van der Waals surface area contributed by atoms with Crippen molar-refractivity contribution in [3.63, 3.8) is 0 Å². The van der Waals surface area contributed by atoms with E-state index in [0.29, 0.717) is 18.9 Å². The second kappa shape index (κ2) is 7.24. The molecule has 1 aromatic rings. The van der Waals surface area contributed by atoms with Crippen LogP contribution in [-0.4, -0.2) is 35.0 Å². The van der Waals surface area contributed by atoms with Crippen molar-refractivity contribution in [1.82, 2.24) is 15.3 Å². The molecular weight excluding hydrogens is 266 g/mol. The highest BCUT2D eigenvalue weighted by Gasteiger charge is 2.27. The van der Waals surface area contributed by atoms with E-state index in [1.165, 1.54) is 12.8 Å². The van der Waals surface area contributed by atoms with E-state index in [2.05, 4.69) is 25.9 Å². The molecule has 1 aliphatic rings. The zero-order chi connectivity index (χ0) is 15.2. The Balaban J connectivity index is 1.90. The van der Waals surface area contributed by atoms with Crippen LogP contribution in [0.25, 0.3) is 0 Å². The highest BCUT2D eigenvalue weighted by Crippen LogP contribution is 2.38. The minimum atomic E-state index is 0.0564. The summed E-state index contributed by atoms with van der Waals surface area (Å²) >= 11 is 0. The van der Waals surface area contributed by atoms with Gasteiger partial charge in [0.1, 0.15) is 17.5 Å². The molecule has 1 saturated carbocycles. The van der Waals surface area contributed by atoms with Gasteiger partial charge >= 0.3 is 0 Å². The lowest BCUT2D eigenvalue weighted by atomic mass is 10.3. The zero-order valence-corrected chi connectivity index (χ0v) is 13.1. The van der Waals surface area contributed by atoms with Crippen molar-refractivity contribution >= 4 is 17.5 Å². The third kappa shape index (κ3) is 5.21. The maximum Gasteiger partial charge on any atom is 0.221 e. The number of carbonyl (C=O) groups is 1. The van der Waals surface area contributed by atoms with Gasteiger partial charge in [0.15, 0.2) is 0 Å². The Hall–Kier alpha value is -1.85. The topological polar surface area (TPSA) is 78.9 Å². The van der Waals surface area contributed by atoms with Crippen LogP contribution >= 0.6 is 0 Å².